The van der Waals surface area contributed by atoms with Crippen molar-refractivity contribution >= 4 is 11.8 Å². The lowest BCUT2D eigenvalue weighted by Gasteiger charge is -2.24. The zero-order valence-corrected chi connectivity index (χ0v) is 9.80. The number of hydrogen-bond donors (Lipinski definition) is 1. The number of methoxy groups -OCH3 is 1. The van der Waals surface area contributed by atoms with Crippen molar-refractivity contribution in [3.05, 3.63) is 18.1 Å². The van der Waals surface area contributed by atoms with Gasteiger partial charge in [0, 0.05) is 25.3 Å². The molecule has 2 heterocycles. The lowest BCUT2D eigenvalue weighted by molar-refractivity contribution is 0.0586. The summed E-state index contributed by atoms with van der Waals surface area (Å²) < 4.78 is 4.60. The van der Waals surface area contributed by atoms with Gasteiger partial charge in [0.25, 0.3) is 0 Å². The highest BCUT2D eigenvalue weighted by molar-refractivity contribution is 5.85. The van der Waals surface area contributed by atoms with Crippen LogP contribution in [0.2, 0.25) is 0 Å². The van der Waals surface area contributed by atoms with Gasteiger partial charge in [-0.25, -0.2) is 14.8 Å². The maximum absolute atomic E-state index is 11.3. The molecule has 92 valence electrons. The Morgan fingerprint density at radius 2 is 2.53 bits per heavy atom. The molecule has 0 radical (unpaired) electrons. The summed E-state index contributed by atoms with van der Waals surface area (Å²) in [6.45, 7) is 1.51. The van der Waals surface area contributed by atoms with E-state index in [0.29, 0.717) is 12.6 Å². The third kappa shape index (κ3) is 2.36. The standard InChI is InChI=1S/C11H16N4O2/c1-17-11(16)10-13-5-4-9(14-10)15-6-2-3-8(15)7-12/h4-5,8H,2-3,6-7,12H2,1H3. The summed E-state index contributed by atoms with van der Waals surface area (Å²) in [5.41, 5.74) is 5.71. The summed E-state index contributed by atoms with van der Waals surface area (Å²) in [5, 5.41) is 0. The van der Waals surface area contributed by atoms with Crippen LogP contribution >= 0.6 is 0 Å². The number of esters is 1. The molecule has 1 saturated heterocycles. The third-order valence-corrected chi connectivity index (χ3v) is 2.95. The number of carbonyl (C=O) groups is 1. The van der Waals surface area contributed by atoms with Crippen molar-refractivity contribution in [3.8, 4) is 0 Å². The minimum atomic E-state index is -0.518. The highest BCUT2D eigenvalue weighted by Crippen LogP contribution is 2.22. The fraction of sp³-hybridized carbons (Fsp3) is 0.545. The predicted molar refractivity (Wildman–Crippen MR) is 62.8 cm³/mol. The first kappa shape index (κ1) is 11.8. The Morgan fingerprint density at radius 3 is 3.24 bits per heavy atom. The maximum atomic E-state index is 11.3. The quantitative estimate of drug-likeness (QED) is 0.754. The van der Waals surface area contributed by atoms with Gasteiger partial charge in [-0.05, 0) is 18.9 Å². The van der Waals surface area contributed by atoms with Crippen LogP contribution in [0.25, 0.3) is 0 Å². The van der Waals surface area contributed by atoms with Crippen LogP contribution in [0, 0.1) is 0 Å². The summed E-state index contributed by atoms with van der Waals surface area (Å²) >= 11 is 0. The van der Waals surface area contributed by atoms with Crippen LogP contribution in [0.15, 0.2) is 12.3 Å². The van der Waals surface area contributed by atoms with E-state index in [1.54, 1.807) is 12.3 Å². The highest BCUT2D eigenvalue weighted by atomic mass is 16.5. The Kier molecular flexibility index (Phi) is 3.53. The van der Waals surface area contributed by atoms with Crippen LogP contribution < -0.4 is 10.6 Å². The van der Waals surface area contributed by atoms with Gasteiger partial charge in [0.05, 0.1) is 7.11 Å². The van der Waals surface area contributed by atoms with E-state index in [4.69, 9.17) is 5.73 Å². The molecule has 1 atom stereocenters. The minimum Gasteiger partial charge on any atom is -0.463 e. The smallest absolute Gasteiger partial charge is 0.376 e. The van der Waals surface area contributed by atoms with Gasteiger partial charge in [-0.15, -0.1) is 0 Å². The molecular weight excluding hydrogens is 220 g/mol. The van der Waals surface area contributed by atoms with Gasteiger partial charge in [-0.3, -0.25) is 0 Å². The monoisotopic (exact) mass is 236 g/mol. The molecule has 2 N–H and O–H groups in total. The number of carbonyl (C=O) groups excluding carboxylic acids is 1. The van der Waals surface area contributed by atoms with Crippen LogP contribution in [0.5, 0.6) is 0 Å². The number of rotatable bonds is 3. The van der Waals surface area contributed by atoms with Crippen LogP contribution in [0.3, 0.4) is 0 Å². The van der Waals surface area contributed by atoms with Crippen molar-refractivity contribution in [2.24, 2.45) is 5.73 Å². The topological polar surface area (TPSA) is 81.3 Å². The number of nitrogens with zero attached hydrogens (tertiary/aromatic N) is 3. The molecule has 0 spiro atoms. The summed E-state index contributed by atoms with van der Waals surface area (Å²) in [7, 11) is 1.32. The van der Waals surface area contributed by atoms with E-state index in [1.807, 2.05) is 0 Å². The lowest BCUT2D eigenvalue weighted by Crippen LogP contribution is -2.36. The molecule has 1 unspecified atom stereocenters. The number of aromatic nitrogens is 2. The first-order valence-corrected chi connectivity index (χ1v) is 5.64. The molecule has 1 aliphatic heterocycles. The third-order valence-electron chi connectivity index (χ3n) is 2.95. The van der Waals surface area contributed by atoms with Crippen molar-refractivity contribution in [2.45, 2.75) is 18.9 Å². The summed E-state index contributed by atoms with van der Waals surface area (Å²) in [6.07, 6.45) is 3.73. The summed E-state index contributed by atoms with van der Waals surface area (Å²) in [4.78, 5) is 21.6. The van der Waals surface area contributed by atoms with Crippen LogP contribution in [-0.4, -0.2) is 42.2 Å². The number of nitrogens with two attached hydrogens (primary N) is 1. The van der Waals surface area contributed by atoms with E-state index >= 15 is 0 Å². The first-order valence-electron chi connectivity index (χ1n) is 5.64. The van der Waals surface area contributed by atoms with Crippen molar-refractivity contribution in [1.82, 2.24) is 9.97 Å². The normalized spacial score (nSPS) is 19.4. The number of ether oxygens (including phenoxy) is 1. The second-order valence-corrected chi connectivity index (χ2v) is 3.96. The molecule has 1 aliphatic rings. The Labute approximate surface area is 99.8 Å². The predicted octanol–water partition coefficient (Wildman–Crippen LogP) is 0.191. The molecule has 0 aromatic carbocycles. The second kappa shape index (κ2) is 5.09. The lowest BCUT2D eigenvalue weighted by atomic mass is 10.2. The van der Waals surface area contributed by atoms with Gasteiger partial charge in [0.1, 0.15) is 5.82 Å². The van der Waals surface area contributed by atoms with E-state index in [2.05, 4.69) is 19.6 Å². The van der Waals surface area contributed by atoms with E-state index in [-0.39, 0.29) is 5.82 Å². The average molecular weight is 236 g/mol. The van der Waals surface area contributed by atoms with E-state index in [9.17, 15) is 4.79 Å². The maximum Gasteiger partial charge on any atom is 0.376 e. The molecule has 17 heavy (non-hydrogen) atoms. The Morgan fingerprint density at radius 1 is 1.71 bits per heavy atom. The Bertz CT molecular complexity index is 410. The Balaban J connectivity index is 2.23. The van der Waals surface area contributed by atoms with Gasteiger partial charge in [0.2, 0.25) is 5.82 Å². The second-order valence-electron chi connectivity index (χ2n) is 3.96. The van der Waals surface area contributed by atoms with Gasteiger partial charge in [-0.2, -0.15) is 0 Å². The summed E-state index contributed by atoms with van der Waals surface area (Å²) in [6, 6.07) is 2.09. The largest absolute Gasteiger partial charge is 0.463 e. The number of hydrogen-bond acceptors (Lipinski definition) is 6. The fourth-order valence-electron chi connectivity index (χ4n) is 2.08. The molecule has 1 aromatic rings. The molecule has 1 aromatic heterocycles. The van der Waals surface area contributed by atoms with Gasteiger partial charge < -0.3 is 15.4 Å². The van der Waals surface area contributed by atoms with Gasteiger partial charge in [0.15, 0.2) is 0 Å². The minimum absolute atomic E-state index is 0.0904. The van der Waals surface area contributed by atoms with Crippen molar-refractivity contribution in [3.63, 3.8) is 0 Å². The van der Waals surface area contributed by atoms with Gasteiger partial charge in [-0.1, -0.05) is 0 Å². The zero-order valence-electron chi connectivity index (χ0n) is 9.80. The van der Waals surface area contributed by atoms with E-state index in [0.717, 1.165) is 25.2 Å². The average Bonchev–Trinajstić information content (AvgIpc) is 2.86. The SMILES string of the molecule is COC(=O)c1nccc(N2CCCC2CN)n1. The molecule has 0 saturated carbocycles. The molecule has 0 bridgehead atoms. The molecule has 0 amide bonds. The number of anilines is 1. The molecule has 6 nitrogen and oxygen atoms in total. The zero-order chi connectivity index (χ0) is 12.3. The van der Waals surface area contributed by atoms with Crippen molar-refractivity contribution in [1.29, 1.82) is 0 Å². The van der Waals surface area contributed by atoms with Crippen LogP contribution in [0.4, 0.5) is 5.82 Å². The summed E-state index contributed by atoms with van der Waals surface area (Å²) in [5.74, 6) is 0.316. The molecule has 2 rings (SSSR count). The van der Waals surface area contributed by atoms with Crippen LogP contribution in [0.1, 0.15) is 23.5 Å². The molecule has 1 fully saturated rings. The van der Waals surface area contributed by atoms with Gasteiger partial charge >= 0.3 is 5.97 Å². The molecule has 6 heteroatoms. The molecule has 0 aliphatic carbocycles. The first-order chi connectivity index (χ1) is 8.26. The highest BCUT2D eigenvalue weighted by Gasteiger charge is 2.25. The van der Waals surface area contributed by atoms with E-state index < -0.39 is 5.97 Å². The van der Waals surface area contributed by atoms with Crippen LogP contribution in [-0.2, 0) is 4.74 Å². The Hall–Kier alpha value is -1.69. The molecular formula is C11H16N4O2. The van der Waals surface area contributed by atoms with Crippen molar-refractivity contribution in [2.75, 3.05) is 25.1 Å². The fourth-order valence-corrected chi connectivity index (χ4v) is 2.08. The van der Waals surface area contributed by atoms with E-state index in [1.165, 1.54) is 7.11 Å². The van der Waals surface area contributed by atoms with Crippen molar-refractivity contribution < 1.29 is 9.53 Å².